The Balaban J connectivity index is 2.69. The number of furan rings is 1. The summed E-state index contributed by atoms with van der Waals surface area (Å²) in [4.78, 5) is 0. The molecule has 1 aromatic rings. The van der Waals surface area contributed by atoms with Crippen molar-refractivity contribution in [1.82, 2.24) is 5.32 Å². The standard InChI is InChI=1S/C10H15NO/c1-8(9(2)11-3)6-10-4-5-12-7-10/h4-7,9,11H,1-3H3/b8-6+. The van der Waals surface area contributed by atoms with Crippen LogP contribution in [0.4, 0.5) is 0 Å². The molecular weight excluding hydrogens is 150 g/mol. The van der Waals surface area contributed by atoms with Crippen molar-refractivity contribution in [2.45, 2.75) is 19.9 Å². The lowest BCUT2D eigenvalue weighted by Crippen LogP contribution is -2.21. The number of hydrogen-bond acceptors (Lipinski definition) is 2. The van der Waals surface area contributed by atoms with Crippen molar-refractivity contribution in [1.29, 1.82) is 0 Å². The number of likely N-dealkylation sites (N-methyl/N-ethyl adjacent to an activating group) is 1. The van der Waals surface area contributed by atoms with Crippen LogP contribution in [0.15, 0.2) is 28.6 Å². The smallest absolute Gasteiger partial charge is 0.0974 e. The van der Waals surface area contributed by atoms with Gasteiger partial charge < -0.3 is 9.73 Å². The summed E-state index contributed by atoms with van der Waals surface area (Å²) in [5.41, 5.74) is 2.42. The fraction of sp³-hybridized carbons (Fsp3) is 0.400. The molecule has 0 aromatic carbocycles. The van der Waals surface area contributed by atoms with Gasteiger partial charge in [0.25, 0.3) is 0 Å². The summed E-state index contributed by atoms with van der Waals surface area (Å²) in [5.74, 6) is 0. The summed E-state index contributed by atoms with van der Waals surface area (Å²) in [6, 6.07) is 2.37. The van der Waals surface area contributed by atoms with Gasteiger partial charge in [-0.3, -0.25) is 0 Å². The second-order valence-corrected chi connectivity index (χ2v) is 2.96. The predicted molar refractivity (Wildman–Crippen MR) is 50.9 cm³/mol. The van der Waals surface area contributed by atoms with Crippen LogP contribution in [0.3, 0.4) is 0 Å². The molecule has 12 heavy (non-hydrogen) atoms. The minimum atomic E-state index is 0.417. The second kappa shape index (κ2) is 4.12. The highest BCUT2D eigenvalue weighted by molar-refractivity contribution is 5.51. The summed E-state index contributed by atoms with van der Waals surface area (Å²) in [5, 5.41) is 3.18. The summed E-state index contributed by atoms with van der Waals surface area (Å²) < 4.78 is 4.96. The highest BCUT2D eigenvalue weighted by atomic mass is 16.3. The fourth-order valence-electron chi connectivity index (χ4n) is 0.973. The Hall–Kier alpha value is -1.02. The largest absolute Gasteiger partial charge is 0.472 e. The van der Waals surface area contributed by atoms with Gasteiger partial charge in [0.05, 0.1) is 12.5 Å². The maximum Gasteiger partial charge on any atom is 0.0974 e. The Morgan fingerprint density at radius 3 is 2.92 bits per heavy atom. The van der Waals surface area contributed by atoms with Gasteiger partial charge in [0.1, 0.15) is 0 Å². The molecule has 0 bridgehead atoms. The first-order valence-electron chi connectivity index (χ1n) is 4.11. The first-order valence-corrected chi connectivity index (χ1v) is 4.11. The van der Waals surface area contributed by atoms with Crippen LogP contribution in [0.2, 0.25) is 0 Å². The van der Waals surface area contributed by atoms with Crippen molar-refractivity contribution in [2.75, 3.05) is 7.05 Å². The van der Waals surface area contributed by atoms with E-state index < -0.39 is 0 Å². The topological polar surface area (TPSA) is 25.2 Å². The zero-order valence-corrected chi connectivity index (χ0v) is 7.79. The van der Waals surface area contributed by atoms with Crippen molar-refractivity contribution >= 4 is 6.08 Å². The first kappa shape index (κ1) is 9.07. The van der Waals surface area contributed by atoms with Crippen LogP contribution in [0.5, 0.6) is 0 Å². The fourth-order valence-corrected chi connectivity index (χ4v) is 0.973. The molecule has 1 atom stereocenters. The lowest BCUT2D eigenvalue weighted by molar-refractivity contribution is 0.566. The second-order valence-electron chi connectivity index (χ2n) is 2.96. The molecule has 0 amide bonds. The lowest BCUT2D eigenvalue weighted by atomic mass is 10.1. The van der Waals surface area contributed by atoms with Gasteiger partial charge in [-0.15, -0.1) is 0 Å². The zero-order chi connectivity index (χ0) is 8.97. The molecule has 1 unspecified atom stereocenters. The molecule has 1 aromatic heterocycles. The van der Waals surface area contributed by atoms with E-state index in [2.05, 4.69) is 25.2 Å². The Morgan fingerprint density at radius 2 is 2.42 bits per heavy atom. The molecule has 0 aliphatic carbocycles. The molecule has 0 radical (unpaired) electrons. The third-order valence-electron chi connectivity index (χ3n) is 2.05. The summed E-state index contributed by atoms with van der Waals surface area (Å²) >= 11 is 0. The zero-order valence-electron chi connectivity index (χ0n) is 7.79. The van der Waals surface area contributed by atoms with E-state index in [9.17, 15) is 0 Å². The van der Waals surface area contributed by atoms with Crippen LogP contribution in [-0.4, -0.2) is 13.1 Å². The molecule has 0 spiro atoms. The molecule has 1 rings (SSSR count). The van der Waals surface area contributed by atoms with Crippen LogP contribution >= 0.6 is 0 Å². The van der Waals surface area contributed by atoms with Crippen molar-refractivity contribution < 1.29 is 4.42 Å². The average Bonchev–Trinajstić information content (AvgIpc) is 2.55. The molecule has 1 heterocycles. The maximum atomic E-state index is 4.96. The predicted octanol–water partition coefficient (Wildman–Crippen LogP) is 2.29. The summed E-state index contributed by atoms with van der Waals surface area (Å²) in [6.07, 6.45) is 5.54. The Kier molecular flexibility index (Phi) is 3.11. The van der Waals surface area contributed by atoms with Gasteiger partial charge in [-0.25, -0.2) is 0 Å². The number of rotatable bonds is 3. The molecule has 0 saturated heterocycles. The van der Waals surface area contributed by atoms with Gasteiger partial charge in [-0.2, -0.15) is 0 Å². The van der Waals surface area contributed by atoms with E-state index in [0.29, 0.717) is 6.04 Å². The Bertz CT molecular complexity index is 249. The van der Waals surface area contributed by atoms with Gasteiger partial charge in [0.15, 0.2) is 0 Å². The molecule has 1 N–H and O–H groups in total. The van der Waals surface area contributed by atoms with Crippen molar-refractivity contribution in [3.05, 3.63) is 29.7 Å². The van der Waals surface area contributed by atoms with E-state index >= 15 is 0 Å². The summed E-state index contributed by atoms with van der Waals surface area (Å²) in [6.45, 7) is 4.24. The van der Waals surface area contributed by atoms with Crippen molar-refractivity contribution in [2.24, 2.45) is 0 Å². The molecule has 0 fully saturated rings. The van der Waals surface area contributed by atoms with E-state index in [-0.39, 0.29) is 0 Å². The van der Waals surface area contributed by atoms with Gasteiger partial charge in [0, 0.05) is 11.6 Å². The highest BCUT2D eigenvalue weighted by Gasteiger charge is 1.99. The van der Waals surface area contributed by atoms with Gasteiger partial charge in [-0.1, -0.05) is 11.6 Å². The normalized spacial score (nSPS) is 14.8. The molecule has 2 nitrogen and oxygen atoms in total. The third-order valence-corrected chi connectivity index (χ3v) is 2.05. The van der Waals surface area contributed by atoms with Crippen LogP contribution < -0.4 is 5.32 Å². The molecule has 2 heteroatoms. The van der Waals surface area contributed by atoms with Crippen LogP contribution in [0.25, 0.3) is 6.08 Å². The monoisotopic (exact) mass is 165 g/mol. The Labute approximate surface area is 73.3 Å². The number of nitrogens with one attached hydrogen (secondary N) is 1. The molecular formula is C10H15NO. The minimum Gasteiger partial charge on any atom is -0.472 e. The van der Waals surface area contributed by atoms with Crippen LogP contribution in [0, 0.1) is 0 Å². The summed E-state index contributed by atoms with van der Waals surface area (Å²) in [7, 11) is 1.96. The highest BCUT2D eigenvalue weighted by Crippen LogP contribution is 2.09. The quantitative estimate of drug-likeness (QED) is 0.743. The van der Waals surface area contributed by atoms with Crippen LogP contribution in [-0.2, 0) is 0 Å². The van der Waals surface area contributed by atoms with E-state index in [4.69, 9.17) is 4.42 Å². The van der Waals surface area contributed by atoms with E-state index in [1.807, 2.05) is 13.1 Å². The lowest BCUT2D eigenvalue weighted by Gasteiger charge is -2.09. The molecule has 0 saturated carbocycles. The number of hydrogen-bond donors (Lipinski definition) is 1. The average molecular weight is 165 g/mol. The van der Waals surface area contributed by atoms with E-state index in [1.54, 1.807) is 12.5 Å². The van der Waals surface area contributed by atoms with Gasteiger partial charge >= 0.3 is 0 Å². The molecule has 66 valence electrons. The SMILES string of the molecule is CNC(C)/C(C)=C/c1ccoc1. The van der Waals surface area contributed by atoms with Crippen molar-refractivity contribution in [3.63, 3.8) is 0 Å². The Morgan fingerprint density at radius 1 is 1.67 bits per heavy atom. The van der Waals surface area contributed by atoms with Gasteiger partial charge in [-0.05, 0) is 27.0 Å². The molecule has 0 aliphatic rings. The molecule has 0 aliphatic heterocycles. The minimum absolute atomic E-state index is 0.417. The third kappa shape index (κ3) is 2.24. The van der Waals surface area contributed by atoms with E-state index in [0.717, 1.165) is 5.56 Å². The van der Waals surface area contributed by atoms with Gasteiger partial charge in [0.2, 0.25) is 0 Å². The first-order chi connectivity index (χ1) is 5.74. The van der Waals surface area contributed by atoms with Crippen LogP contribution in [0.1, 0.15) is 19.4 Å². The van der Waals surface area contributed by atoms with E-state index in [1.165, 1.54) is 5.57 Å². The van der Waals surface area contributed by atoms with Crippen molar-refractivity contribution in [3.8, 4) is 0 Å². The maximum absolute atomic E-state index is 4.96.